The van der Waals surface area contributed by atoms with E-state index in [1.165, 1.54) is 13.8 Å². The van der Waals surface area contributed by atoms with Gasteiger partial charge in [-0.2, -0.15) is 4.37 Å². The van der Waals surface area contributed by atoms with Crippen LogP contribution in [0.2, 0.25) is 0 Å². The Labute approximate surface area is 149 Å². The fraction of sp³-hybridized carbons (Fsp3) is 0.412. The van der Waals surface area contributed by atoms with Gasteiger partial charge >= 0.3 is 5.97 Å². The summed E-state index contributed by atoms with van der Waals surface area (Å²) in [5.74, 6) is -1.11. The molecule has 0 saturated carbocycles. The number of nitrogens with zero attached hydrogens (tertiary/aromatic N) is 1. The van der Waals surface area contributed by atoms with Crippen molar-refractivity contribution in [2.24, 2.45) is 0 Å². The molecule has 134 valence electrons. The number of carbonyl (C=O) groups is 3. The maximum Gasteiger partial charge on any atom is 0.343 e. The summed E-state index contributed by atoms with van der Waals surface area (Å²) in [6.07, 6.45) is -0.993. The fourth-order valence-corrected chi connectivity index (χ4v) is 3.51. The number of aromatic amines is 1. The third-order valence-corrected chi connectivity index (χ3v) is 4.94. The van der Waals surface area contributed by atoms with Crippen LogP contribution < -0.4 is 5.32 Å². The van der Waals surface area contributed by atoms with Crippen LogP contribution in [0.25, 0.3) is 0 Å². The van der Waals surface area contributed by atoms with E-state index in [0.29, 0.717) is 33.1 Å². The molecule has 2 aromatic rings. The summed E-state index contributed by atoms with van der Waals surface area (Å²) in [5.41, 5.74) is 2.86. The van der Waals surface area contributed by atoms with Crippen LogP contribution in [0, 0.1) is 20.8 Å². The maximum atomic E-state index is 12.6. The molecule has 0 aliphatic carbocycles. The molecule has 25 heavy (non-hydrogen) atoms. The first kappa shape index (κ1) is 18.9. The van der Waals surface area contributed by atoms with Crippen LogP contribution in [0.4, 0.5) is 5.00 Å². The van der Waals surface area contributed by atoms with E-state index in [1.54, 1.807) is 27.8 Å². The van der Waals surface area contributed by atoms with Gasteiger partial charge in [0.25, 0.3) is 0 Å². The molecule has 2 N–H and O–H groups in total. The minimum atomic E-state index is -0.993. The Morgan fingerprint density at radius 3 is 2.36 bits per heavy atom. The van der Waals surface area contributed by atoms with Crippen LogP contribution >= 0.6 is 11.5 Å². The van der Waals surface area contributed by atoms with Crippen molar-refractivity contribution in [3.8, 4) is 0 Å². The van der Waals surface area contributed by atoms with Gasteiger partial charge in [0.1, 0.15) is 10.6 Å². The zero-order valence-corrected chi connectivity index (χ0v) is 15.9. The minimum Gasteiger partial charge on any atom is -0.450 e. The molecule has 0 aliphatic heterocycles. The molecule has 0 spiro atoms. The molecule has 0 amide bonds. The van der Waals surface area contributed by atoms with Gasteiger partial charge in [-0.3, -0.25) is 9.59 Å². The van der Waals surface area contributed by atoms with E-state index in [-0.39, 0.29) is 17.3 Å². The average molecular weight is 363 g/mol. The predicted octanol–water partition coefficient (Wildman–Crippen LogP) is 3.07. The third kappa shape index (κ3) is 3.48. The number of esters is 1. The van der Waals surface area contributed by atoms with Crippen LogP contribution in [0.15, 0.2) is 0 Å². The zero-order chi connectivity index (χ0) is 18.9. The highest BCUT2D eigenvalue weighted by molar-refractivity contribution is 7.10. The van der Waals surface area contributed by atoms with Gasteiger partial charge in [0.15, 0.2) is 11.9 Å². The van der Waals surface area contributed by atoms with Crippen molar-refractivity contribution in [1.29, 1.82) is 0 Å². The van der Waals surface area contributed by atoms with Crippen LogP contribution in [-0.2, 0) is 4.74 Å². The number of H-pyrrole nitrogens is 1. The highest BCUT2D eigenvalue weighted by atomic mass is 32.1. The van der Waals surface area contributed by atoms with Crippen LogP contribution in [0.5, 0.6) is 0 Å². The molecule has 0 radical (unpaired) electrons. The number of hydrogen-bond acceptors (Lipinski definition) is 7. The Kier molecular flexibility index (Phi) is 5.42. The quantitative estimate of drug-likeness (QED) is 0.604. The fourth-order valence-electron chi connectivity index (χ4n) is 2.78. The number of hydrogen-bond donors (Lipinski definition) is 2. The molecule has 2 aromatic heterocycles. The number of aromatic nitrogens is 2. The minimum absolute atomic E-state index is 0.117. The topological polar surface area (TPSA) is 101 Å². The summed E-state index contributed by atoms with van der Waals surface area (Å²) < 4.78 is 9.45. The molecule has 0 aliphatic rings. The Hall–Kier alpha value is -2.48. The van der Waals surface area contributed by atoms with Gasteiger partial charge in [0, 0.05) is 18.3 Å². The molecule has 1 unspecified atom stereocenters. The highest BCUT2D eigenvalue weighted by Gasteiger charge is 2.28. The molecule has 2 heterocycles. The number of anilines is 1. The number of rotatable bonds is 6. The highest BCUT2D eigenvalue weighted by Crippen LogP contribution is 2.26. The summed E-state index contributed by atoms with van der Waals surface area (Å²) in [5, 5.41) is 3.48. The number of aryl methyl sites for hydroxylation is 2. The molecular formula is C17H21N3O4S. The average Bonchev–Trinajstić information content (AvgIpc) is 3.05. The molecule has 2 rings (SSSR count). The Morgan fingerprint density at radius 2 is 1.84 bits per heavy atom. The van der Waals surface area contributed by atoms with Gasteiger partial charge in [-0.25, -0.2) is 4.79 Å². The van der Waals surface area contributed by atoms with E-state index in [2.05, 4.69) is 14.7 Å². The summed E-state index contributed by atoms with van der Waals surface area (Å²) in [6, 6.07) is 0. The van der Waals surface area contributed by atoms with Gasteiger partial charge < -0.3 is 15.0 Å². The largest absolute Gasteiger partial charge is 0.450 e. The lowest BCUT2D eigenvalue weighted by molar-refractivity contribution is 0.0317. The molecule has 0 bridgehead atoms. The van der Waals surface area contributed by atoms with E-state index in [4.69, 9.17) is 4.74 Å². The molecule has 0 aromatic carbocycles. The molecular weight excluding hydrogens is 342 g/mol. The molecule has 1 atom stereocenters. The summed E-state index contributed by atoms with van der Waals surface area (Å²) >= 11 is 1.16. The standard InChI is InChI=1S/C17H21N3O4S/c1-7-12(10(4)21)8(2)19-14(7)15(22)11(5)24-17(23)13-9(3)20-25-16(13)18-6/h11,18-19H,1-6H3. The Bertz CT molecular complexity index is 850. The van der Waals surface area contributed by atoms with Crippen molar-refractivity contribution in [3.63, 3.8) is 0 Å². The number of ketones is 2. The smallest absolute Gasteiger partial charge is 0.343 e. The lowest BCUT2D eigenvalue weighted by Gasteiger charge is -2.12. The van der Waals surface area contributed by atoms with Crippen LogP contribution in [-0.4, -0.2) is 40.0 Å². The van der Waals surface area contributed by atoms with Gasteiger partial charge in [0.05, 0.1) is 11.4 Å². The number of ether oxygens (including phenoxy) is 1. The second-order valence-electron chi connectivity index (χ2n) is 5.82. The SMILES string of the molecule is CNc1snc(C)c1C(=O)OC(C)C(=O)c1[nH]c(C)c(C(C)=O)c1C. The summed E-state index contributed by atoms with van der Waals surface area (Å²) in [6.45, 7) is 8.10. The first-order valence-electron chi connectivity index (χ1n) is 7.78. The number of carbonyl (C=O) groups excluding carboxylic acids is 3. The Balaban J connectivity index is 2.24. The van der Waals surface area contributed by atoms with E-state index in [0.717, 1.165) is 11.5 Å². The Morgan fingerprint density at radius 1 is 1.20 bits per heavy atom. The van der Waals surface area contributed by atoms with Crippen molar-refractivity contribution in [1.82, 2.24) is 9.36 Å². The second-order valence-corrected chi connectivity index (χ2v) is 6.59. The van der Waals surface area contributed by atoms with Crippen molar-refractivity contribution in [2.75, 3.05) is 12.4 Å². The molecule has 7 nitrogen and oxygen atoms in total. The van der Waals surface area contributed by atoms with Crippen molar-refractivity contribution < 1.29 is 19.1 Å². The van der Waals surface area contributed by atoms with Gasteiger partial charge in [-0.15, -0.1) is 0 Å². The van der Waals surface area contributed by atoms with Gasteiger partial charge in [0.2, 0.25) is 5.78 Å². The second kappa shape index (κ2) is 7.18. The van der Waals surface area contributed by atoms with Gasteiger partial charge in [-0.05, 0) is 51.7 Å². The van der Waals surface area contributed by atoms with E-state index in [9.17, 15) is 14.4 Å². The molecule has 8 heteroatoms. The van der Waals surface area contributed by atoms with Crippen LogP contribution in [0.3, 0.4) is 0 Å². The first-order valence-corrected chi connectivity index (χ1v) is 8.55. The molecule has 0 saturated heterocycles. The normalized spacial score (nSPS) is 11.9. The summed E-state index contributed by atoms with van der Waals surface area (Å²) in [4.78, 5) is 39.7. The van der Waals surface area contributed by atoms with E-state index in [1.807, 2.05) is 0 Å². The summed E-state index contributed by atoms with van der Waals surface area (Å²) in [7, 11) is 1.69. The predicted molar refractivity (Wildman–Crippen MR) is 95.9 cm³/mol. The van der Waals surface area contributed by atoms with Crippen molar-refractivity contribution >= 4 is 34.1 Å². The maximum absolute atomic E-state index is 12.6. The molecule has 0 fully saturated rings. The monoisotopic (exact) mass is 363 g/mol. The van der Waals surface area contributed by atoms with E-state index < -0.39 is 12.1 Å². The lowest BCUT2D eigenvalue weighted by atomic mass is 10.0. The van der Waals surface area contributed by atoms with E-state index >= 15 is 0 Å². The lowest BCUT2D eigenvalue weighted by Crippen LogP contribution is -2.25. The number of nitrogens with one attached hydrogen (secondary N) is 2. The van der Waals surface area contributed by atoms with Crippen LogP contribution in [0.1, 0.15) is 62.0 Å². The third-order valence-electron chi connectivity index (χ3n) is 3.98. The van der Waals surface area contributed by atoms with Gasteiger partial charge in [-0.1, -0.05) is 0 Å². The first-order chi connectivity index (χ1) is 11.7. The van der Waals surface area contributed by atoms with Crippen molar-refractivity contribution in [2.45, 2.75) is 40.7 Å². The van der Waals surface area contributed by atoms with Crippen molar-refractivity contribution in [3.05, 3.63) is 33.8 Å². The zero-order valence-electron chi connectivity index (χ0n) is 15.1. The number of Topliss-reactive ketones (excluding diaryl/α,β-unsaturated/α-hetero) is 2.